The van der Waals surface area contributed by atoms with Gasteiger partial charge in [-0.25, -0.2) is 9.78 Å². The summed E-state index contributed by atoms with van der Waals surface area (Å²) in [6.45, 7) is 64.7. The Kier molecular flexibility index (Phi) is 70.7. The van der Waals surface area contributed by atoms with Gasteiger partial charge in [-0.05, 0) is 52.4 Å². The molecule has 650 valence electrons. The van der Waals surface area contributed by atoms with Crippen molar-refractivity contribution in [1.29, 1.82) is 0 Å². The maximum atomic E-state index is 11.3. The normalized spacial score (nSPS) is 21.6. The smallest absolute Gasteiger partial charge is 0.317 e. The van der Waals surface area contributed by atoms with Gasteiger partial charge in [0.05, 0.1) is 51.7 Å². The highest BCUT2D eigenvalue weighted by Crippen LogP contribution is 2.08. The fourth-order valence-electron chi connectivity index (χ4n) is 12.4. The van der Waals surface area contributed by atoms with E-state index in [4.69, 9.17) is 30.2 Å². The summed E-state index contributed by atoms with van der Waals surface area (Å²) in [5.74, 6) is -2.87. The number of carbonyl (C=O) groups is 4. The van der Waals surface area contributed by atoms with E-state index in [0.717, 1.165) is 138 Å². The lowest BCUT2D eigenvalue weighted by Crippen LogP contribution is -2.49. The molecule has 5 rings (SSSR count). The van der Waals surface area contributed by atoms with Gasteiger partial charge in [0.15, 0.2) is 0 Å². The van der Waals surface area contributed by atoms with E-state index in [1.165, 1.54) is 72.8 Å². The van der Waals surface area contributed by atoms with Crippen molar-refractivity contribution in [2.45, 2.75) is 115 Å². The minimum absolute atomic E-state index is 0. The first-order valence-corrected chi connectivity index (χ1v) is 40.7. The molecule has 34 nitrogen and oxygen atoms in total. The van der Waals surface area contributed by atoms with Crippen molar-refractivity contribution >= 4 is 23.9 Å². The molecule has 0 aromatic carbocycles. The zero-order valence-electron chi connectivity index (χ0n) is 69.4. The van der Waals surface area contributed by atoms with Gasteiger partial charge < -0.3 is 99.3 Å². The zero-order valence-corrected chi connectivity index (χ0v) is 69.4. The molecule has 4 atom stereocenters. The average Bonchev–Trinajstić information content (AvgIpc) is 1.10. The van der Waals surface area contributed by atoms with E-state index in [9.17, 15) is 44.7 Å². The van der Waals surface area contributed by atoms with Crippen molar-refractivity contribution in [3.05, 3.63) is 0 Å². The number of carboxylic acids is 2. The Morgan fingerprint density at radius 2 is 0.642 bits per heavy atom. The van der Waals surface area contributed by atoms with Gasteiger partial charge in [-0.2, -0.15) is 0 Å². The van der Waals surface area contributed by atoms with E-state index >= 15 is 0 Å². The van der Waals surface area contributed by atoms with E-state index in [-0.39, 0.29) is 72.8 Å². The van der Waals surface area contributed by atoms with Gasteiger partial charge in [0.1, 0.15) is 31.5 Å². The number of nitrogens with zero attached hydrogens (tertiary/aromatic N) is 15. The Morgan fingerprint density at radius 1 is 0.404 bits per heavy atom. The number of β-amino-alcohol motifs (C(OH)–C–C–N with tert-alkyl or cyclic N) is 3. The van der Waals surface area contributed by atoms with Gasteiger partial charge in [0.25, 0.3) is 0 Å². The largest absolute Gasteiger partial charge is 0.549 e. The van der Waals surface area contributed by atoms with Crippen LogP contribution in [0.2, 0.25) is 0 Å². The molecule has 0 spiro atoms. The van der Waals surface area contributed by atoms with Crippen LogP contribution in [0, 0.1) is 0 Å². The molecule has 0 aromatic heterocycles. The van der Waals surface area contributed by atoms with E-state index in [1.807, 2.05) is 28.5 Å². The lowest BCUT2D eigenvalue weighted by atomic mass is 10.3. The molecule has 0 radical (unpaired) electrons. The molecule has 0 aromatic rings. The summed E-state index contributed by atoms with van der Waals surface area (Å²) in [5.41, 5.74) is 0. The molecule has 109 heavy (non-hydrogen) atoms. The number of likely N-dealkylation sites (N-methyl/N-ethyl adjacent to an activating group) is 8. The fourth-order valence-corrected chi connectivity index (χ4v) is 12.4. The number of carbonyl (C=O) groups excluding carboxylic acids is 3. The van der Waals surface area contributed by atoms with E-state index < -0.39 is 42.2 Å². The summed E-state index contributed by atoms with van der Waals surface area (Å²) < 4.78 is 14.4. The van der Waals surface area contributed by atoms with Crippen molar-refractivity contribution in [1.82, 2.24) is 78.8 Å². The minimum atomic E-state index is -1.08. The molecule has 9 N–H and O–H groups in total. The van der Waals surface area contributed by atoms with Crippen LogP contribution >= 0.6 is 0 Å². The highest BCUT2D eigenvalue weighted by Gasteiger charge is 2.24. The van der Waals surface area contributed by atoms with Crippen LogP contribution in [0.3, 0.4) is 0 Å². The van der Waals surface area contributed by atoms with Crippen LogP contribution in [0.4, 0.5) is 0 Å². The van der Waals surface area contributed by atoms with Gasteiger partial charge in [-0.3, -0.25) is 59.2 Å². The molecule has 0 amide bonds. The number of aliphatic hydroxyl groups is 5. The van der Waals surface area contributed by atoms with Crippen LogP contribution in [0.15, 0.2) is 0 Å². The summed E-state index contributed by atoms with van der Waals surface area (Å²) in [4.78, 5) is 87.1. The SMILES string of the molecule is C.CC.CC(=O)OCC(O)CN1CCN(CCOO)CCN(CCOO)CCN(CC(=O)O)CC1.CCN1CCN(CC)CCN(CC(O)CO)CCN(CC)CC1.CCN1CCN(CC)CCN(CC(O)COC(C)=O)CCN(CC(=O)[O-])CC1.CCN1CCNCCN(CC)CCN(CC)CC1.OCC1CO1. The number of epoxide rings is 1. The monoisotopic (exact) mass is 1570 g/mol. The molecule has 5 heterocycles. The van der Waals surface area contributed by atoms with Crippen LogP contribution in [0.25, 0.3) is 0 Å². The summed E-state index contributed by atoms with van der Waals surface area (Å²) in [6.07, 6.45) is -2.07. The summed E-state index contributed by atoms with van der Waals surface area (Å²) in [5, 5.41) is 88.8. The second-order valence-electron chi connectivity index (χ2n) is 27.7. The molecule has 0 saturated carbocycles. The molecule has 4 unspecified atom stereocenters. The highest BCUT2D eigenvalue weighted by molar-refractivity contribution is 5.69. The second kappa shape index (κ2) is 71.4. The van der Waals surface area contributed by atoms with Crippen LogP contribution in [-0.4, -0.2) is 517 Å². The molecule has 0 aliphatic carbocycles. The number of hydrogen-bond donors (Lipinski definition) is 9. The third-order valence-electron chi connectivity index (χ3n) is 19.9. The predicted molar refractivity (Wildman–Crippen MR) is 428 cm³/mol. The molecule has 5 fully saturated rings. The van der Waals surface area contributed by atoms with Crippen molar-refractivity contribution < 1.29 is 89.4 Å². The summed E-state index contributed by atoms with van der Waals surface area (Å²) in [6, 6.07) is 0. The van der Waals surface area contributed by atoms with E-state index in [0.29, 0.717) is 98.2 Å². The first-order chi connectivity index (χ1) is 52.0. The molecule has 0 bridgehead atoms. The third-order valence-corrected chi connectivity index (χ3v) is 19.9. The van der Waals surface area contributed by atoms with Gasteiger partial charge in [0, 0.05) is 263 Å². The van der Waals surface area contributed by atoms with Gasteiger partial charge >= 0.3 is 17.9 Å². The van der Waals surface area contributed by atoms with Crippen LogP contribution in [0.5, 0.6) is 0 Å². The Hall–Kier alpha value is -3.16. The van der Waals surface area contributed by atoms with Gasteiger partial charge in [0.2, 0.25) is 0 Å². The fraction of sp³-hybridized carbons (Fsp3) is 0.947. The topological polar surface area (TPSA) is 363 Å². The van der Waals surface area contributed by atoms with Crippen molar-refractivity contribution in [3.63, 3.8) is 0 Å². The first kappa shape index (κ1) is 108. The predicted octanol–water partition coefficient (Wildman–Crippen LogP) is -2.67. The Balaban J connectivity index is 0. The zero-order chi connectivity index (χ0) is 80.7. The lowest BCUT2D eigenvalue weighted by molar-refractivity contribution is -0.306. The Morgan fingerprint density at radius 3 is 0.853 bits per heavy atom. The number of hydrogen-bond acceptors (Lipinski definition) is 33. The Bertz CT molecular complexity index is 2090. The van der Waals surface area contributed by atoms with Crippen LogP contribution in [-0.2, 0) is 43.2 Å². The summed E-state index contributed by atoms with van der Waals surface area (Å²) >= 11 is 0. The molecular formula is C75H161N16O18-. The third kappa shape index (κ3) is 60.1. The number of aliphatic carboxylic acids is 2. The molecular weight excluding hydrogens is 1410 g/mol. The van der Waals surface area contributed by atoms with E-state index in [1.54, 1.807) is 0 Å². The molecule has 5 aliphatic rings. The number of nitrogens with one attached hydrogen (secondary N) is 1. The van der Waals surface area contributed by atoms with Gasteiger partial charge in [-0.15, -0.1) is 0 Å². The average molecular weight is 1580 g/mol. The molecule has 34 heteroatoms. The number of rotatable bonds is 30. The van der Waals surface area contributed by atoms with Crippen molar-refractivity contribution in [2.24, 2.45) is 0 Å². The molecule has 5 aliphatic heterocycles. The summed E-state index contributed by atoms with van der Waals surface area (Å²) in [7, 11) is 0. The maximum absolute atomic E-state index is 11.3. The maximum Gasteiger partial charge on any atom is 0.317 e. The van der Waals surface area contributed by atoms with E-state index in [2.05, 4.69) is 134 Å². The quantitative estimate of drug-likeness (QED) is 0.0153. The second-order valence-corrected chi connectivity index (χ2v) is 27.7. The minimum Gasteiger partial charge on any atom is -0.549 e. The number of aliphatic hydroxyl groups excluding tert-OH is 5. The first-order valence-electron chi connectivity index (χ1n) is 40.7. The number of esters is 2. The van der Waals surface area contributed by atoms with Crippen molar-refractivity contribution in [3.8, 4) is 0 Å². The lowest BCUT2D eigenvalue weighted by Gasteiger charge is -2.34. The number of carboxylic acid groups (broad SMARTS) is 2. The van der Waals surface area contributed by atoms with Crippen LogP contribution in [0.1, 0.15) is 90.5 Å². The molecule has 5 saturated heterocycles. The van der Waals surface area contributed by atoms with Gasteiger partial charge in [-0.1, -0.05) is 76.7 Å². The number of ether oxygens (including phenoxy) is 3. The standard InChI is InChI=1S/C19H38N4O9.C19H38N4O5.C17H38N4O2.C14H32N4.C3H6O2.C2H6.CH4/c1-17(24)30-16-18(25)14-22-6-4-20(10-12-31-28)2-3-21(11-13-32-29)5-7-23(9-8-22)15-19(26)27;1-4-20-6-7-21(5-2)9-11-23(15-19(26)27)13-12-22(10-8-20)14-18(25)16-28-17(3)24;1-4-18-7-9-19(5-2)11-13-21(15-17(23)16-22)14-12-20(6-3)10-8-18;1-4-16-9-7-15-8-10-17(5-2)12-14-18(6-3)13-11-16;4-1-3-2-5-3;1-2;/h18,25,28-29H,2-16H2,1H3,(H,26,27);18,25H,4-16H2,1-3H3,(H,26,27);17,22-23H,4-16H2,1-3H3;15H,4-14H2,1-3H3;3-4H,1-2H2;1-2H3;1H4/p-1. The Labute approximate surface area is 658 Å². The highest BCUT2D eigenvalue weighted by atomic mass is 17.1. The van der Waals surface area contributed by atoms with Crippen molar-refractivity contribution in [2.75, 3.05) is 354 Å². The van der Waals surface area contributed by atoms with Crippen LogP contribution < -0.4 is 10.4 Å².